The molecule has 5 nitrogen and oxygen atoms in total. The number of carbonyl (C=O) groups is 2. The number of rotatable bonds is 2. The summed E-state index contributed by atoms with van der Waals surface area (Å²) >= 11 is 1.63. The molecule has 0 unspecified atom stereocenters. The van der Waals surface area contributed by atoms with Gasteiger partial charge in [0.15, 0.2) is 0 Å². The Labute approximate surface area is 116 Å². The number of carbonyl (C=O) groups excluding carboxylic acids is 2. The topological polar surface area (TPSA) is 60.9 Å². The molecule has 19 heavy (non-hydrogen) atoms. The normalized spacial score (nSPS) is 15.7. The van der Waals surface area contributed by atoms with E-state index in [0.717, 1.165) is 15.3 Å². The fourth-order valence-electron chi connectivity index (χ4n) is 2.27. The second kappa shape index (κ2) is 5.71. The van der Waals surface area contributed by atoms with Gasteiger partial charge in [-0.05, 0) is 19.9 Å². The highest BCUT2D eigenvalue weighted by molar-refractivity contribution is 7.12. The van der Waals surface area contributed by atoms with Gasteiger partial charge in [0.2, 0.25) is 5.91 Å². The Hall–Kier alpha value is -1.40. The van der Waals surface area contributed by atoms with Gasteiger partial charge >= 0.3 is 0 Å². The van der Waals surface area contributed by atoms with E-state index in [0.29, 0.717) is 26.2 Å². The summed E-state index contributed by atoms with van der Waals surface area (Å²) in [5.41, 5.74) is 0.768. The van der Waals surface area contributed by atoms with Crippen LogP contribution in [-0.4, -0.2) is 59.5 Å². The van der Waals surface area contributed by atoms with E-state index in [2.05, 4.69) is 0 Å². The average Bonchev–Trinajstić information content (AvgIpc) is 2.76. The lowest BCUT2D eigenvalue weighted by molar-refractivity contribution is -0.135. The standard InChI is InChI=1S/C13H18N2O3S/c1-9-7-11(10(2)19-9)13(18)15-5-3-14(4-6-15)12(17)8-16/h7,16H,3-6,8H2,1-2H3. The number of amides is 2. The molecule has 1 fully saturated rings. The maximum atomic E-state index is 12.4. The molecule has 0 bridgehead atoms. The van der Waals surface area contributed by atoms with Crippen molar-refractivity contribution in [1.29, 1.82) is 0 Å². The zero-order valence-corrected chi connectivity index (χ0v) is 12.0. The van der Waals surface area contributed by atoms with E-state index in [-0.39, 0.29) is 11.8 Å². The highest BCUT2D eigenvalue weighted by atomic mass is 32.1. The van der Waals surface area contributed by atoms with Crippen molar-refractivity contribution in [2.75, 3.05) is 32.8 Å². The van der Waals surface area contributed by atoms with Gasteiger partial charge in [0.25, 0.3) is 5.91 Å². The minimum Gasteiger partial charge on any atom is -0.387 e. The molecule has 0 aliphatic carbocycles. The van der Waals surface area contributed by atoms with Gasteiger partial charge in [0.1, 0.15) is 6.61 Å². The molecule has 2 amide bonds. The summed E-state index contributed by atoms with van der Waals surface area (Å²) < 4.78 is 0. The average molecular weight is 282 g/mol. The van der Waals surface area contributed by atoms with Crippen molar-refractivity contribution in [3.05, 3.63) is 21.4 Å². The van der Waals surface area contributed by atoms with Crippen molar-refractivity contribution in [3.8, 4) is 0 Å². The Morgan fingerprint density at radius 3 is 2.26 bits per heavy atom. The molecular weight excluding hydrogens is 264 g/mol. The first kappa shape index (κ1) is 14.0. The molecule has 1 saturated heterocycles. The van der Waals surface area contributed by atoms with Crippen LogP contribution in [-0.2, 0) is 4.79 Å². The number of hydrogen-bond acceptors (Lipinski definition) is 4. The predicted molar refractivity (Wildman–Crippen MR) is 73.4 cm³/mol. The molecule has 1 aromatic rings. The zero-order valence-electron chi connectivity index (χ0n) is 11.2. The number of piperazine rings is 1. The van der Waals surface area contributed by atoms with Crippen molar-refractivity contribution in [2.45, 2.75) is 13.8 Å². The molecular formula is C13H18N2O3S. The van der Waals surface area contributed by atoms with Gasteiger partial charge in [-0.3, -0.25) is 9.59 Å². The third-order valence-corrected chi connectivity index (χ3v) is 4.29. The predicted octanol–water partition coefficient (Wildman–Crippen LogP) is 0.642. The van der Waals surface area contributed by atoms with Gasteiger partial charge in [-0.1, -0.05) is 0 Å². The van der Waals surface area contributed by atoms with Gasteiger partial charge in [-0.15, -0.1) is 11.3 Å². The van der Waals surface area contributed by atoms with Gasteiger partial charge < -0.3 is 14.9 Å². The quantitative estimate of drug-likeness (QED) is 0.866. The first-order chi connectivity index (χ1) is 9.02. The molecule has 6 heteroatoms. The second-order valence-corrected chi connectivity index (χ2v) is 6.12. The Balaban J connectivity index is 2.00. The van der Waals surface area contributed by atoms with Crippen LogP contribution in [0.3, 0.4) is 0 Å². The molecule has 1 aliphatic heterocycles. The third kappa shape index (κ3) is 2.96. The van der Waals surface area contributed by atoms with Crippen molar-refractivity contribution in [3.63, 3.8) is 0 Å². The third-order valence-electron chi connectivity index (χ3n) is 3.33. The lowest BCUT2D eigenvalue weighted by Gasteiger charge is -2.34. The van der Waals surface area contributed by atoms with Crippen LogP contribution < -0.4 is 0 Å². The molecule has 1 N–H and O–H groups in total. The van der Waals surface area contributed by atoms with E-state index >= 15 is 0 Å². The van der Waals surface area contributed by atoms with E-state index < -0.39 is 6.61 Å². The minimum absolute atomic E-state index is 0.0398. The lowest BCUT2D eigenvalue weighted by atomic mass is 10.2. The van der Waals surface area contributed by atoms with Crippen molar-refractivity contribution in [2.24, 2.45) is 0 Å². The molecule has 2 heterocycles. The van der Waals surface area contributed by atoms with Gasteiger partial charge in [-0.2, -0.15) is 0 Å². The fourth-order valence-corrected chi connectivity index (χ4v) is 3.19. The SMILES string of the molecule is Cc1cc(C(=O)N2CCN(C(=O)CO)CC2)c(C)s1. The van der Waals surface area contributed by atoms with Crippen LogP contribution in [0.5, 0.6) is 0 Å². The maximum Gasteiger partial charge on any atom is 0.255 e. The van der Waals surface area contributed by atoms with E-state index in [9.17, 15) is 9.59 Å². The molecule has 104 valence electrons. The number of nitrogens with zero attached hydrogens (tertiary/aromatic N) is 2. The van der Waals surface area contributed by atoms with E-state index in [1.165, 1.54) is 0 Å². The second-order valence-electron chi connectivity index (χ2n) is 4.66. The summed E-state index contributed by atoms with van der Waals surface area (Å²) in [5.74, 6) is -0.229. The molecule has 0 aromatic carbocycles. The van der Waals surface area contributed by atoms with E-state index in [1.54, 1.807) is 21.1 Å². The molecule has 1 aliphatic rings. The Morgan fingerprint density at radius 2 is 1.79 bits per heavy atom. The molecule has 1 aromatic heterocycles. The van der Waals surface area contributed by atoms with Crippen LogP contribution in [0, 0.1) is 13.8 Å². The summed E-state index contributed by atoms with van der Waals surface area (Å²) in [5, 5.41) is 8.81. The van der Waals surface area contributed by atoms with Crippen LogP contribution in [0.1, 0.15) is 20.1 Å². The van der Waals surface area contributed by atoms with Crippen LogP contribution in [0.2, 0.25) is 0 Å². The Bertz CT molecular complexity index is 490. The van der Waals surface area contributed by atoms with Crippen LogP contribution in [0.4, 0.5) is 0 Å². The van der Waals surface area contributed by atoms with Crippen LogP contribution in [0.15, 0.2) is 6.07 Å². The van der Waals surface area contributed by atoms with E-state index in [1.807, 2.05) is 19.9 Å². The van der Waals surface area contributed by atoms with Gasteiger partial charge in [0, 0.05) is 35.9 Å². The minimum atomic E-state index is -0.462. The summed E-state index contributed by atoms with van der Waals surface area (Å²) in [7, 11) is 0. The Morgan fingerprint density at radius 1 is 1.21 bits per heavy atom. The van der Waals surface area contributed by atoms with Crippen molar-refractivity contribution in [1.82, 2.24) is 9.80 Å². The summed E-state index contributed by atoms with van der Waals surface area (Å²) in [4.78, 5) is 29.2. The van der Waals surface area contributed by atoms with Crippen molar-refractivity contribution >= 4 is 23.2 Å². The molecule has 2 rings (SSSR count). The first-order valence-corrected chi connectivity index (χ1v) is 7.09. The summed E-state index contributed by atoms with van der Waals surface area (Å²) in [6.45, 7) is 5.53. The smallest absolute Gasteiger partial charge is 0.255 e. The number of hydrogen-bond donors (Lipinski definition) is 1. The van der Waals surface area contributed by atoms with Crippen molar-refractivity contribution < 1.29 is 14.7 Å². The molecule has 0 atom stereocenters. The van der Waals surface area contributed by atoms with Crippen LogP contribution in [0.25, 0.3) is 0 Å². The highest BCUT2D eigenvalue weighted by Crippen LogP contribution is 2.22. The lowest BCUT2D eigenvalue weighted by Crippen LogP contribution is -2.51. The number of aliphatic hydroxyl groups excluding tert-OH is 1. The van der Waals surface area contributed by atoms with Crippen LogP contribution >= 0.6 is 11.3 Å². The monoisotopic (exact) mass is 282 g/mol. The number of aliphatic hydroxyl groups is 1. The van der Waals surface area contributed by atoms with E-state index in [4.69, 9.17) is 5.11 Å². The fraction of sp³-hybridized carbons (Fsp3) is 0.538. The zero-order chi connectivity index (χ0) is 14.0. The maximum absolute atomic E-state index is 12.4. The largest absolute Gasteiger partial charge is 0.387 e. The molecule has 0 radical (unpaired) electrons. The van der Waals surface area contributed by atoms with Gasteiger partial charge in [-0.25, -0.2) is 0 Å². The number of thiophene rings is 1. The van der Waals surface area contributed by atoms with Gasteiger partial charge in [0.05, 0.1) is 5.56 Å². The first-order valence-electron chi connectivity index (χ1n) is 6.28. The molecule has 0 saturated carbocycles. The highest BCUT2D eigenvalue weighted by Gasteiger charge is 2.25. The molecule has 0 spiro atoms. The summed E-state index contributed by atoms with van der Waals surface area (Å²) in [6, 6.07) is 1.92. The summed E-state index contributed by atoms with van der Waals surface area (Å²) in [6.07, 6.45) is 0. The Kier molecular flexibility index (Phi) is 4.21. The number of aryl methyl sites for hydroxylation is 2.